The predicted octanol–water partition coefficient (Wildman–Crippen LogP) is 2.16. The van der Waals surface area contributed by atoms with Crippen LogP contribution in [0, 0.1) is 5.82 Å². The van der Waals surface area contributed by atoms with E-state index < -0.39 is 0 Å². The lowest BCUT2D eigenvalue weighted by Gasteiger charge is -2.22. The average molecular weight is 300 g/mol. The van der Waals surface area contributed by atoms with E-state index in [1.54, 1.807) is 30.5 Å². The molecule has 1 aromatic carbocycles. The number of pyridine rings is 1. The van der Waals surface area contributed by atoms with Gasteiger partial charge in [-0.05, 0) is 43.3 Å². The van der Waals surface area contributed by atoms with Crippen molar-refractivity contribution in [3.05, 3.63) is 65.0 Å². The molecule has 114 valence electrons. The highest BCUT2D eigenvalue weighted by atomic mass is 19.1. The van der Waals surface area contributed by atoms with Crippen molar-refractivity contribution in [3.8, 4) is 0 Å². The number of rotatable bonds is 5. The number of hydrogen-bond donors (Lipinski definition) is 0. The van der Waals surface area contributed by atoms with Crippen molar-refractivity contribution in [2.45, 2.75) is 13.5 Å². The van der Waals surface area contributed by atoms with Gasteiger partial charge in [0.1, 0.15) is 5.82 Å². The van der Waals surface area contributed by atoms with Crippen molar-refractivity contribution in [1.29, 1.82) is 0 Å². The molecular formula is C16H17FN4O. The number of halogens is 1. The zero-order valence-electron chi connectivity index (χ0n) is 12.3. The molecular weight excluding hydrogens is 283 g/mol. The second-order valence-corrected chi connectivity index (χ2v) is 4.99. The first-order chi connectivity index (χ1) is 10.7. The zero-order chi connectivity index (χ0) is 15.5. The summed E-state index contributed by atoms with van der Waals surface area (Å²) in [6.45, 7) is 3.90. The van der Waals surface area contributed by atoms with Crippen molar-refractivity contribution in [3.63, 3.8) is 0 Å². The molecule has 0 bridgehead atoms. The van der Waals surface area contributed by atoms with Crippen LogP contribution in [0.3, 0.4) is 0 Å². The molecule has 0 aliphatic rings. The highest BCUT2D eigenvalue weighted by Gasteiger charge is 2.09. The van der Waals surface area contributed by atoms with Gasteiger partial charge in [-0.25, -0.2) is 13.9 Å². The van der Waals surface area contributed by atoms with Gasteiger partial charge in [-0.15, -0.1) is 5.10 Å². The van der Waals surface area contributed by atoms with Crippen LogP contribution in [0.5, 0.6) is 0 Å². The first kappa shape index (κ1) is 14.3. The minimum atomic E-state index is -0.253. The third kappa shape index (κ3) is 2.72. The predicted molar refractivity (Wildman–Crippen MR) is 83.7 cm³/mol. The molecule has 0 radical (unpaired) electrons. The lowest BCUT2D eigenvalue weighted by atomic mass is 10.3. The molecule has 0 amide bonds. The number of aromatic nitrogens is 3. The number of anilines is 1. The van der Waals surface area contributed by atoms with Gasteiger partial charge in [0.15, 0.2) is 5.65 Å². The first-order valence-electron chi connectivity index (χ1n) is 7.24. The van der Waals surface area contributed by atoms with E-state index in [-0.39, 0.29) is 11.5 Å². The molecule has 2 heterocycles. The fourth-order valence-electron chi connectivity index (χ4n) is 2.45. The van der Waals surface area contributed by atoms with Crippen molar-refractivity contribution in [2.24, 2.45) is 0 Å². The Morgan fingerprint density at radius 1 is 1.18 bits per heavy atom. The van der Waals surface area contributed by atoms with Crippen LogP contribution in [0.2, 0.25) is 0 Å². The Labute approximate surface area is 127 Å². The summed E-state index contributed by atoms with van der Waals surface area (Å²) >= 11 is 0. The number of hydrogen-bond acceptors (Lipinski definition) is 3. The van der Waals surface area contributed by atoms with Crippen LogP contribution in [0.4, 0.5) is 10.1 Å². The van der Waals surface area contributed by atoms with Gasteiger partial charge in [-0.2, -0.15) is 0 Å². The van der Waals surface area contributed by atoms with Crippen LogP contribution in [0.1, 0.15) is 6.92 Å². The minimum absolute atomic E-state index is 0.147. The molecule has 6 heteroatoms. The van der Waals surface area contributed by atoms with Gasteiger partial charge in [0.05, 0.1) is 6.54 Å². The van der Waals surface area contributed by atoms with Gasteiger partial charge >= 0.3 is 5.69 Å². The van der Waals surface area contributed by atoms with E-state index in [2.05, 4.69) is 10.00 Å². The number of fused-ring (bicyclic) bond motifs is 1. The lowest BCUT2D eigenvalue weighted by Crippen LogP contribution is -2.31. The van der Waals surface area contributed by atoms with Gasteiger partial charge in [0.25, 0.3) is 0 Å². The van der Waals surface area contributed by atoms with Crippen molar-refractivity contribution < 1.29 is 4.39 Å². The summed E-state index contributed by atoms with van der Waals surface area (Å²) < 4.78 is 16.0. The van der Waals surface area contributed by atoms with Gasteiger partial charge in [0.2, 0.25) is 0 Å². The molecule has 0 unspecified atom stereocenters. The summed E-state index contributed by atoms with van der Waals surface area (Å²) in [7, 11) is 0. The summed E-state index contributed by atoms with van der Waals surface area (Å²) in [5.74, 6) is -0.253. The molecule has 3 aromatic rings. The third-order valence-electron chi connectivity index (χ3n) is 3.64. The molecule has 5 nitrogen and oxygen atoms in total. The molecule has 2 aromatic heterocycles. The Morgan fingerprint density at radius 3 is 2.64 bits per heavy atom. The molecule has 0 aliphatic carbocycles. The lowest BCUT2D eigenvalue weighted by molar-refractivity contribution is 0.581. The molecule has 0 saturated heterocycles. The number of likely N-dealkylation sites (N-methyl/N-ethyl adjacent to an activating group) is 1. The average Bonchev–Trinajstić information content (AvgIpc) is 2.86. The maximum absolute atomic E-state index is 13.0. The van der Waals surface area contributed by atoms with Gasteiger partial charge in [-0.1, -0.05) is 6.07 Å². The van der Waals surface area contributed by atoms with E-state index in [0.29, 0.717) is 18.7 Å². The minimum Gasteiger partial charge on any atom is -0.370 e. The van der Waals surface area contributed by atoms with Crippen LogP contribution in [-0.2, 0) is 6.54 Å². The normalized spacial score (nSPS) is 11.0. The summed E-state index contributed by atoms with van der Waals surface area (Å²) in [5, 5.41) is 4.31. The maximum atomic E-state index is 13.0. The molecule has 3 rings (SSSR count). The van der Waals surface area contributed by atoms with Crippen LogP contribution in [-0.4, -0.2) is 27.3 Å². The van der Waals surface area contributed by atoms with Crippen LogP contribution < -0.4 is 10.6 Å². The van der Waals surface area contributed by atoms with E-state index in [9.17, 15) is 9.18 Å². The van der Waals surface area contributed by atoms with E-state index in [0.717, 1.165) is 12.2 Å². The Morgan fingerprint density at radius 2 is 1.95 bits per heavy atom. The standard InChI is InChI=1S/C16H17FN4O/c1-2-19(14-8-6-13(17)7-9-14)11-12-21-16(22)20-10-4-3-5-15(20)18-21/h3-10H,2,11-12H2,1H3. The van der Waals surface area contributed by atoms with Crippen LogP contribution in [0.25, 0.3) is 5.65 Å². The first-order valence-corrected chi connectivity index (χ1v) is 7.24. The van der Waals surface area contributed by atoms with Crippen molar-refractivity contribution >= 4 is 11.3 Å². The van der Waals surface area contributed by atoms with E-state index in [1.165, 1.54) is 21.2 Å². The zero-order valence-corrected chi connectivity index (χ0v) is 12.3. The molecule has 0 fully saturated rings. The monoisotopic (exact) mass is 300 g/mol. The van der Waals surface area contributed by atoms with E-state index in [4.69, 9.17) is 0 Å². The number of benzene rings is 1. The van der Waals surface area contributed by atoms with Gasteiger partial charge in [0, 0.05) is 25.0 Å². The SMILES string of the molecule is CCN(CCn1nc2ccccn2c1=O)c1ccc(F)cc1. The summed E-state index contributed by atoms with van der Waals surface area (Å²) in [6, 6.07) is 11.8. The maximum Gasteiger partial charge on any atom is 0.350 e. The highest BCUT2D eigenvalue weighted by Crippen LogP contribution is 2.14. The summed E-state index contributed by atoms with van der Waals surface area (Å²) in [5.41, 5.74) is 1.42. The Hall–Kier alpha value is -2.63. The van der Waals surface area contributed by atoms with Crippen molar-refractivity contribution in [2.75, 3.05) is 18.0 Å². The van der Waals surface area contributed by atoms with Gasteiger partial charge < -0.3 is 4.90 Å². The van der Waals surface area contributed by atoms with Crippen LogP contribution >= 0.6 is 0 Å². The van der Waals surface area contributed by atoms with Crippen LogP contribution in [0.15, 0.2) is 53.5 Å². The molecule has 0 saturated carbocycles. The fraction of sp³-hybridized carbons (Fsp3) is 0.250. The topological polar surface area (TPSA) is 42.5 Å². The Kier molecular flexibility index (Phi) is 3.91. The largest absolute Gasteiger partial charge is 0.370 e. The highest BCUT2D eigenvalue weighted by molar-refractivity contribution is 5.46. The molecule has 0 N–H and O–H groups in total. The second kappa shape index (κ2) is 6.01. The molecule has 0 atom stereocenters. The Balaban J connectivity index is 1.78. The number of nitrogens with zero attached hydrogens (tertiary/aromatic N) is 4. The molecule has 0 aliphatic heterocycles. The second-order valence-electron chi connectivity index (χ2n) is 4.99. The third-order valence-corrected chi connectivity index (χ3v) is 3.64. The van der Waals surface area contributed by atoms with E-state index >= 15 is 0 Å². The van der Waals surface area contributed by atoms with Crippen molar-refractivity contribution in [1.82, 2.24) is 14.2 Å². The fourth-order valence-corrected chi connectivity index (χ4v) is 2.45. The summed E-state index contributed by atoms with van der Waals surface area (Å²) in [4.78, 5) is 14.3. The Bertz CT molecular complexity index is 822. The van der Waals surface area contributed by atoms with Gasteiger partial charge in [-0.3, -0.25) is 4.40 Å². The molecule has 22 heavy (non-hydrogen) atoms. The van der Waals surface area contributed by atoms with E-state index in [1.807, 2.05) is 13.0 Å². The molecule has 0 spiro atoms. The quantitative estimate of drug-likeness (QED) is 0.725. The summed E-state index contributed by atoms with van der Waals surface area (Å²) in [6.07, 6.45) is 1.71. The smallest absolute Gasteiger partial charge is 0.350 e.